The number of hydrogen-bond donors (Lipinski definition) is 2. The van der Waals surface area contributed by atoms with Crippen LogP contribution < -0.4 is 5.32 Å². The first-order valence-corrected chi connectivity index (χ1v) is 7.38. The summed E-state index contributed by atoms with van der Waals surface area (Å²) in [5.41, 5.74) is 0.829. The van der Waals surface area contributed by atoms with Gasteiger partial charge in [0.15, 0.2) is 0 Å². The van der Waals surface area contributed by atoms with Crippen LogP contribution in [0.3, 0.4) is 0 Å². The number of likely N-dealkylation sites (N-methyl/N-ethyl adjacent to an activating group) is 1. The van der Waals surface area contributed by atoms with Gasteiger partial charge in [0, 0.05) is 6.54 Å². The Hall–Kier alpha value is -0.900. The third-order valence-corrected chi connectivity index (χ3v) is 4.27. The van der Waals surface area contributed by atoms with Crippen molar-refractivity contribution in [2.45, 2.75) is 31.2 Å². The summed E-state index contributed by atoms with van der Waals surface area (Å²) < 4.78 is 0. The summed E-state index contributed by atoms with van der Waals surface area (Å²) in [5.74, 6) is 0. The van der Waals surface area contributed by atoms with Gasteiger partial charge in [-0.05, 0) is 38.5 Å². The third-order valence-electron chi connectivity index (χ3n) is 4.27. The molecule has 0 aromatic heterocycles. The van der Waals surface area contributed by atoms with Crippen molar-refractivity contribution in [1.82, 2.24) is 10.2 Å². The summed E-state index contributed by atoms with van der Waals surface area (Å²) >= 11 is 0. The fourth-order valence-electron chi connectivity index (χ4n) is 2.97. The summed E-state index contributed by atoms with van der Waals surface area (Å²) in [7, 11) is 1.95. The van der Waals surface area contributed by atoms with Gasteiger partial charge in [0.1, 0.15) is 0 Å². The Bertz CT molecular complexity index is 354. The first kappa shape index (κ1) is 14.5. The van der Waals surface area contributed by atoms with E-state index in [1.54, 1.807) is 0 Å². The summed E-state index contributed by atoms with van der Waals surface area (Å²) in [5, 5.41) is 13.3. The molecular formula is C16H26N2O. The Balaban J connectivity index is 2.14. The van der Waals surface area contributed by atoms with E-state index in [2.05, 4.69) is 22.3 Å². The molecule has 3 heteroatoms. The van der Waals surface area contributed by atoms with Crippen LogP contribution in [0.5, 0.6) is 0 Å². The molecule has 2 rings (SSSR count). The van der Waals surface area contributed by atoms with Crippen molar-refractivity contribution < 1.29 is 5.11 Å². The highest BCUT2D eigenvalue weighted by molar-refractivity contribution is 5.25. The maximum atomic E-state index is 9.94. The molecule has 0 saturated carbocycles. The normalized spacial score (nSPS) is 20.7. The molecule has 0 aliphatic carbocycles. The van der Waals surface area contributed by atoms with Crippen LogP contribution in [-0.4, -0.2) is 43.3 Å². The van der Waals surface area contributed by atoms with Crippen LogP contribution >= 0.6 is 0 Å². The summed E-state index contributed by atoms with van der Waals surface area (Å²) in [6.45, 7) is 3.31. The second-order valence-electron chi connectivity index (χ2n) is 5.55. The maximum Gasteiger partial charge on any atom is 0.0795 e. The van der Waals surface area contributed by atoms with E-state index in [9.17, 15) is 5.11 Å². The number of aliphatic hydroxyl groups is 1. The topological polar surface area (TPSA) is 35.5 Å². The van der Waals surface area contributed by atoms with Gasteiger partial charge in [-0.25, -0.2) is 0 Å². The summed E-state index contributed by atoms with van der Waals surface area (Å²) in [4.78, 5) is 2.49. The Labute approximate surface area is 116 Å². The third kappa shape index (κ3) is 3.56. The second-order valence-corrected chi connectivity index (χ2v) is 5.55. The molecule has 0 amide bonds. The Morgan fingerprint density at radius 1 is 1.11 bits per heavy atom. The number of nitrogens with one attached hydrogen (secondary N) is 1. The van der Waals surface area contributed by atoms with Gasteiger partial charge in [0.05, 0.1) is 12.1 Å². The molecule has 1 unspecified atom stereocenters. The fourth-order valence-corrected chi connectivity index (χ4v) is 2.97. The van der Waals surface area contributed by atoms with Crippen molar-refractivity contribution in [3.8, 4) is 0 Å². The predicted octanol–water partition coefficient (Wildman–Crippen LogP) is 1.97. The van der Waals surface area contributed by atoms with Gasteiger partial charge >= 0.3 is 0 Å². The monoisotopic (exact) mass is 262 g/mol. The van der Waals surface area contributed by atoms with Crippen LogP contribution in [0, 0.1) is 0 Å². The molecule has 1 fully saturated rings. The van der Waals surface area contributed by atoms with Crippen molar-refractivity contribution in [3.63, 3.8) is 0 Å². The molecule has 0 bridgehead atoms. The predicted molar refractivity (Wildman–Crippen MR) is 79.2 cm³/mol. The van der Waals surface area contributed by atoms with E-state index >= 15 is 0 Å². The number of benzene rings is 1. The highest BCUT2D eigenvalue weighted by atomic mass is 16.3. The Kier molecular flexibility index (Phi) is 5.37. The lowest BCUT2D eigenvalue weighted by Crippen LogP contribution is -2.52. The SMILES string of the molecule is CNC(CO)(CN1CCCCCC1)c1ccccc1. The highest BCUT2D eigenvalue weighted by Crippen LogP contribution is 2.23. The quantitative estimate of drug-likeness (QED) is 0.851. The minimum Gasteiger partial charge on any atom is -0.394 e. The lowest BCUT2D eigenvalue weighted by atomic mass is 9.90. The maximum absolute atomic E-state index is 9.94. The number of nitrogens with zero attached hydrogens (tertiary/aromatic N) is 1. The largest absolute Gasteiger partial charge is 0.394 e. The van der Waals surface area contributed by atoms with Crippen LogP contribution in [0.2, 0.25) is 0 Å². The molecule has 106 valence electrons. The smallest absolute Gasteiger partial charge is 0.0795 e. The van der Waals surface area contributed by atoms with E-state index in [-0.39, 0.29) is 12.1 Å². The molecule has 1 aliphatic heterocycles. The van der Waals surface area contributed by atoms with Crippen molar-refractivity contribution in [2.24, 2.45) is 0 Å². The van der Waals surface area contributed by atoms with Gasteiger partial charge in [-0.1, -0.05) is 43.2 Å². The fraction of sp³-hybridized carbons (Fsp3) is 0.625. The molecule has 1 aromatic rings. The zero-order chi connectivity index (χ0) is 13.6. The first-order chi connectivity index (χ1) is 9.30. The van der Waals surface area contributed by atoms with Crippen LogP contribution in [-0.2, 0) is 5.54 Å². The average molecular weight is 262 g/mol. The number of likely N-dealkylation sites (tertiary alicyclic amines) is 1. The molecule has 1 saturated heterocycles. The molecule has 1 heterocycles. The standard InChI is InChI=1S/C16H26N2O/c1-17-16(14-19,15-9-5-4-6-10-15)13-18-11-7-2-3-8-12-18/h4-6,9-10,17,19H,2-3,7-8,11-14H2,1H3. The van der Waals surface area contributed by atoms with E-state index in [4.69, 9.17) is 0 Å². The highest BCUT2D eigenvalue weighted by Gasteiger charge is 2.32. The molecule has 1 aliphatic rings. The molecule has 19 heavy (non-hydrogen) atoms. The van der Waals surface area contributed by atoms with Crippen molar-refractivity contribution >= 4 is 0 Å². The number of hydrogen-bond acceptors (Lipinski definition) is 3. The van der Waals surface area contributed by atoms with E-state index in [1.165, 1.54) is 31.2 Å². The summed E-state index contributed by atoms with van der Waals surface area (Å²) in [6.07, 6.45) is 5.24. The van der Waals surface area contributed by atoms with Crippen molar-refractivity contribution in [3.05, 3.63) is 35.9 Å². The van der Waals surface area contributed by atoms with Crippen LogP contribution in [0.25, 0.3) is 0 Å². The van der Waals surface area contributed by atoms with Gasteiger partial charge in [-0.15, -0.1) is 0 Å². The minimum absolute atomic E-state index is 0.129. The molecule has 0 spiro atoms. The molecule has 0 radical (unpaired) electrons. The lowest BCUT2D eigenvalue weighted by molar-refractivity contribution is 0.114. The molecule has 1 atom stereocenters. The minimum atomic E-state index is -0.342. The van der Waals surface area contributed by atoms with Gasteiger partial charge in [-0.3, -0.25) is 0 Å². The van der Waals surface area contributed by atoms with Gasteiger partial charge in [0.25, 0.3) is 0 Å². The van der Waals surface area contributed by atoms with Crippen LogP contribution in [0.4, 0.5) is 0 Å². The zero-order valence-electron chi connectivity index (χ0n) is 11.9. The second kappa shape index (κ2) is 7.04. The van der Waals surface area contributed by atoms with E-state index < -0.39 is 0 Å². The Morgan fingerprint density at radius 3 is 2.26 bits per heavy atom. The molecule has 1 aromatic carbocycles. The average Bonchev–Trinajstić information content (AvgIpc) is 2.74. The molecule has 3 nitrogen and oxygen atoms in total. The van der Waals surface area contributed by atoms with E-state index in [1.807, 2.05) is 25.2 Å². The van der Waals surface area contributed by atoms with Gasteiger partial charge < -0.3 is 15.3 Å². The van der Waals surface area contributed by atoms with Gasteiger partial charge in [0.2, 0.25) is 0 Å². The van der Waals surface area contributed by atoms with Crippen LogP contribution in [0.1, 0.15) is 31.2 Å². The molecular weight excluding hydrogens is 236 g/mol. The lowest BCUT2D eigenvalue weighted by Gasteiger charge is -2.37. The summed E-state index contributed by atoms with van der Waals surface area (Å²) in [6, 6.07) is 10.3. The molecule has 2 N–H and O–H groups in total. The Morgan fingerprint density at radius 2 is 1.74 bits per heavy atom. The van der Waals surface area contributed by atoms with Crippen molar-refractivity contribution in [1.29, 1.82) is 0 Å². The number of rotatable bonds is 5. The first-order valence-electron chi connectivity index (χ1n) is 7.38. The van der Waals surface area contributed by atoms with Crippen LogP contribution in [0.15, 0.2) is 30.3 Å². The van der Waals surface area contributed by atoms with Crippen molar-refractivity contribution in [2.75, 3.05) is 33.3 Å². The number of aliphatic hydroxyl groups excluding tert-OH is 1. The van der Waals surface area contributed by atoms with E-state index in [0.717, 1.165) is 19.6 Å². The van der Waals surface area contributed by atoms with E-state index in [0.29, 0.717) is 0 Å². The zero-order valence-corrected chi connectivity index (χ0v) is 11.9. The van der Waals surface area contributed by atoms with Gasteiger partial charge in [-0.2, -0.15) is 0 Å².